The Morgan fingerprint density at radius 3 is 2.68 bits per heavy atom. The fourth-order valence-electron chi connectivity index (χ4n) is 4.24. The molecule has 34 heavy (non-hydrogen) atoms. The second-order valence-electron chi connectivity index (χ2n) is 8.08. The molecule has 0 saturated carbocycles. The Labute approximate surface area is 199 Å². The van der Waals surface area contributed by atoms with Crippen molar-refractivity contribution < 1.29 is 18.8 Å². The number of aromatic amines is 1. The standard InChI is InChI=1S/C24H20ClN5O4/c1-14-12-29(23(32)15-5-3-2-4-6-15)7-8-30(14)24(33)22(31)17-10-27-20-16(18-11-26-13-34-18)9-19(25)28-21(17)20/h2-6,9-11,13-14,27H,7-8,12H2,1H3/t14-/m0/s1. The Morgan fingerprint density at radius 2 is 1.97 bits per heavy atom. The maximum absolute atomic E-state index is 13.2. The van der Waals surface area contributed by atoms with Gasteiger partial charge in [0.1, 0.15) is 10.7 Å². The molecule has 10 heteroatoms. The summed E-state index contributed by atoms with van der Waals surface area (Å²) < 4.78 is 5.36. The zero-order chi connectivity index (χ0) is 23.8. The van der Waals surface area contributed by atoms with Crippen LogP contribution in [0.1, 0.15) is 27.6 Å². The fourth-order valence-corrected chi connectivity index (χ4v) is 4.43. The Bertz CT molecular complexity index is 1380. The van der Waals surface area contributed by atoms with Crippen molar-refractivity contribution in [2.45, 2.75) is 13.0 Å². The zero-order valence-corrected chi connectivity index (χ0v) is 19.0. The molecule has 9 nitrogen and oxygen atoms in total. The predicted molar refractivity (Wildman–Crippen MR) is 124 cm³/mol. The van der Waals surface area contributed by atoms with Crippen molar-refractivity contribution in [3.63, 3.8) is 0 Å². The molecule has 4 heterocycles. The third kappa shape index (κ3) is 3.84. The molecule has 0 spiro atoms. The first-order valence-electron chi connectivity index (χ1n) is 10.7. The van der Waals surface area contributed by atoms with Crippen molar-refractivity contribution in [2.75, 3.05) is 19.6 Å². The Kier molecular flexibility index (Phi) is 5.62. The molecule has 5 rings (SSSR count). The van der Waals surface area contributed by atoms with Gasteiger partial charge in [-0.2, -0.15) is 0 Å². The lowest BCUT2D eigenvalue weighted by Gasteiger charge is -2.39. The van der Waals surface area contributed by atoms with Crippen LogP contribution in [0.25, 0.3) is 22.4 Å². The number of aromatic nitrogens is 3. The van der Waals surface area contributed by atoms with Crippen LogP contribution >= 0.6 is 11.6 Å². The summed E-state index contributed by atoms with van der Waals surface area (Å²) in [6.45, 7) is 2.75. The highest BCUT2D eigenvalue weighted by molar-refractivity contribution is 6.45. The van der Waals surface area contributed by atoms with Gasteiger partial charge >= 0.3 is 0 Å². The number of piperazine rings is 1. The number of rotatable bonds is 4. The Balaban J connectivity index is 1.37. The van der Waals surface area contributed by atoms with Crippen LogP contribution < -0.4 is 0 Å². The summed E-state index contributed by atoms with van der Waals surface area (Å²) >= 11 is 6.19. The lowest BCUT2D eigenvalue weighted by atomic mass is 10.1. The molecule has 1 aliphatic rings. The third-order valence-corrected chi connectivity index (χ3v) is 6.13. The maximum Gasteiger partial charge on any atom is 0.295 e. The van der Waals surface area contributed by atoms with Crippen LogP contribution in [-0.2, 0) is 4.79 Å². The van der Waals surface area contributed by atoms with Gasteiger partial charge in [0.05, 0.1) is 17.3 Å². The number of H-pyrrole nitrogens is 1. The van der Waals surface area contributed by atoms with E-state index in [-0.39, 0.29) is 34.7 Å². The van der Waals surface area contributed by atoms with Gasteiger partial charge in [-0.05, 0) is 25.1 Å². The molecule has 0 bridgehead atoms. The Hall–Kier alpha value is -3.98. The topological polar surface area (TPSA) is 112 Å². The number of pyridine rings is 1. The van der Waals surface area contributed by atoms with E-state index in [1.54, 1.807) is 23.1 Å². The van der Waals surface area contributed by atoms with Crippen LogP contribution in [0.4, 0.5) is 0 Å². The molecule has 1 fully saturated rings. The van der Waals surface area contributed by atoms with E-state index in [1.165, 1.54) is 23.7 Å². The summed E-state index contributed by atoms with van der Waals surface area (Å²) in [7, 11) is 0. The molecule has 3 aromatic heterocycles. The first kappa shape index (κ1) is 21.8. The van der Waals surface area contributed by atoms with Gasteiger partial charge in [-0.1, -0.05) is 29.8 Å². The number of oxazole rings is 1. The quantitative estimate of drug-likeness (QED) is 0.274. The lowest BCUT2D eigenvalue weighted by Crippen LogP contribution is -2.56. The smallest absolute Gasteiger partial charge is 0.295 e. The number of hydrogen-bond donors (Lipinski definition) is 1. The number of hydrogen-bond acceptors (Lipinski definition) is 6. The van der Waals surface area contributed by atoms with Crippen molar-refractivity contribution >= 4 is 40.2 Å². The average Bonchev–Trinajstić information content (AvgIpc) is 3.53. The monoisotopic (exact) mass is 477 g/mol. The maximum atomic E-state index is 13.2. The van der Waals surface area contributed by atoms with E-state index in [9.17, 15) is 14.4 Å². The van der Waals surface area contributed by atoms with Gasteiger partial charge in [0, 0.05) is 43.0 Å². The molecule has 172 valence electrons. The molecule has 1 aromatic carbocycles. The minimum atomic E-state index is -0.695. The fraction of sp³-hybridized carbons (Fsp3) is 0.208. The number of nitrogens with one attached hydrogen (secondary N) is 1. The van der Waals surface area contributed by atoms with E-state index in [1.807, 2.05) is 25.1 Å². The SMILES string of the molecule is C[C@H]1CN(C(=O)c2ccccc2)CCN1C(=O)C(=O)c1c[nH]c2c(-c3cnco3)cc(Cl)nc12. The van der Waals surface area contributed by atoms with E-state index >= 15 is 0 Å². The summed E-state index contributed by atoms with van der Waals surface area (Å²) in [5.74, 6) is -0.988. The number of nitrogens with zero attached hydrogens (tertiary/aromatic N) is 4. The van der Waals surface area contributed by atoms with Gasteiger partial charge in [-0.3, -0.25) is 14.4 Å². The summed E-state index contributed by atoms with van der Waals surface area (Å²) in [6.07, 6.45) is 4.27. The van der Waals surface area contributed by atoms with E-state index in [0.29, 0.717) is 35.5 Å². The number of halogens is 1. The van der Waals surface area contributed by atoms with Gasteiger partial charge in [-0.15, -0.1) is 0 Å². The van der Waals surface area contributed by atoms with E-state index in [4.69, 9.17) is 16.0 Å². The van der Waals surface area contributed by atoms with Crippen LogP contribution in [0.5, 0.6) is 0 Å². The molecule has 1 aliphatic heterocycles. The van der Waals surface area contributed by atoms with E-state index in [0.717, 1.165) is 0 Å². The van der Waals surface area contributed by atoms with Gasteiger partial charge in [0.2, 0.25) is 0 Å². The highest BCUT2D eigenvalue weighted by Crippen LogP contribution is 2.31. The molecule has 0 aliphatic carbocycles. The second kappa shape index (κ2) is 8.75. The first-order chi connectivity index (χ1) is 16.4. The largest absolute Gasteiger partial charge is 0.443 e. The van der Waals surface area contributed by atoms with Crippen molar-refractivity contribution in [3.8, 4) is 11.3 Å². The van der Waals surface area contributed by atoms with Gasteiger partial charge in [-0.25, -0.2) is 9.97 Å². The molecule has 1 atom stereocenters. The number of ketones is 1. The minimum absolute atomic E-state index is 0.0960. The number of fused-ring (bicyclic) bond motifs is 1. The van der Waals surface area contributed by atoms with Crippen LogP contribution in [-0.4, -0.2) is 68.0 Å². The van der Waals surface area contributed by atoms with Crippen molar-refractivity contribution in [3.05, 3.63) is 71.5 Å². The predicted octanol–water partition coefficient (Wildman–Crippen LogP) is 3.43. The van der Waals surface area contributed by atoms with Gasteiger partial charge in [0.15, 0.2) is 12.2 Å². The molecule has 2 amide bonds. The van der Waals surface area contributed by atoms with E-state index in [2.05, 4.69) is 15.0 Å². The number of carbonyl (C=O) groups is 3. The number of benzene rings is 1. The molecule has 0 unspecified atom stereocenters. The summed E-state index contributed by atoms with van der Waals surface area (Å²) in [5.41, 5.74) is 2.10. The average molecular weight is 478 g/mol. The molecule has 4 aromatic rings. The minimum Gasteiger partial charge on any atom is -0.443 e. The lowest BCUT2D eigenvalue weighted by molar-refractivity contribution is -0.130. The summed E-state index contributed by atoms with van der Waals surface area (Å²) in [6, 6.07) is 10.3. The van der Waals surface area contributed by atoms with Crippen LogP contribution in [0.15, 0.2) is 59.6 Å². The third-order valence-electron chi connectivity index (χ3n) is 5.94. The number of amides is 2. The normalized spacial score (nSPS) is 16.1. The molecular formula is C24H20ClN5O4. The van der Waals surface area contributed by atoms with Crippen LogP contribution in [0, 0.1) is 0 Å². The number of Topliss-reactive ketones (excluding diaryl/α,β-unsaturated/α-hetero) is 1. The first-order valence-corrected chi connectivity index (χ1v) is 11.1. The van der Waals surface area contributed by atoms with Crippen molar-refractivity contribution in [1.29, 1.82) is 0 Å². The molecule has 1 N–H and O–H groups in total. The molecular weight excluding hydrogens is 458 g/mol. The molecule has 1 saturated heterocycles. The highest BCUT2D eigenvalue weighted by atomic mass is 35.5. The summed E-state index contributed by atoms with van der Waals surface area (Å²) in [4.78, 5) is 53.5. The van der Waals surface area contributed by atoms with Crippen molar-refractivity contribution in [2.24, 2.45) is 0 Å². The van der Waals surface area contributed by atoms with Crippen LogP contribution in [0.3, 0.4) is 0 Å². The van der Waals surface area contributed by atoms with Gasteiger partial charge in [0.25, 0.3) is 17.6 Å². The van der Waals surface area contributed by atoms with E-state index < -0.39 is 11.7 Å². The van der Waals surface area contributed by atoms with Crippen LogP contribution in [0.2, 0.25) is 5.15 Å². The molecule has 0 radical (unpaired) electrons. The Morgan fingerprint density at radius 1 is 1.18 bits per heavy atom. The number of carbonyl (C=O) groups excluding carboxylic acids is 3. The van der Waals surface area contributed by atoms with Gasteiger partial charge < -0.3 is 19.2 Å². The zero-order valence-electron chi connectivity index (χ0n) is 18.2. The van der Waals surface area contributed by atoms with Crippen molar-refractivity contribution in [1.82, 2.24) is 24.8 Å². The second-order valence-corrected chi connectivity index (χ2v) is 8.47. The highest BCUT2D eigenvalue weighted by Gasteiger charge is 2.34. The summed E-state index contributed by atoms with van der Waals surface area (Å²) in [5, 5.41) is 0.154.